The first-order valence-electron chi connectivity index (χ1n) is 10.5. The summed E-state index contributed by atoms with van der Waals surface area (Å²) < 4.78 is 10.6. The van der Waals surface area contributed by atoms with Crippen LogP contribution in [-0.2, 0) is 17.8 Å². The fourth-order valence-corrected chi connectivity index (χ4v) is 3.82. The van der Waals surface area contributed by atoms with Crippen molar-refractivity contribution in [1.82, 2.24) is 15.1 Å². The highest BCUT2D eigenvalue weighted by atomic mass is 16.5. The third kappa shape index (κ3) is 6.47. The van der Waals surface area contributed by atoms with Crippen molar-refractivity contribution in [3.8, 4) is 11.5 Å². The number of hydrogen-bond donors (Lipinski definition) is 1. The van der Waals surface area contributed by atoms with E-state index in [4.69, 9.17) is 9.47 Å². The molecule has 0 atom stereocenters. The van der Waals surface area contributed by atoms with Crippen LogP contribution in [0.5, 0.6) is 11.5 Å². The minimum Gasteiger partial charge on any atom is -0.493 e. The molecule has 2 aromatic carbocycles. The highest BCUT2D eigenvalue weighted by molar-refractivity contribution is 5.78. The lowest BCUT2D eigenvalue weighted by molar-refractivity contribution is -0.122. The zero-order valence-electron chi connectivity index (χ0n) is 18.3. The van der Waals surface area contributed by atoms with Crippen LogP contribution in [0.2, 0.25) is 0 Å². The van der Waals surface area contributed by atoms with E-state index in [0.29, 0.717) is 24.6 Å². The Balaban J connectivity index is 1.36. The molecule has 3 rings (SSSR count). The van der Waals surface area contributed by atoms with Crippen LogP contribution >= 0.6 is 0 Å². The van der Waals surface area contributed by atoms with Gasteiger partial charge in [-0.15, -0.1) is 0 Å². The van der Waals surface area contributed by atoms with Crippen LogP contribution in [0.3, 0.4) is 0 Å². The molecule has 1 saturated heterocycles. The molecule has 0 radical (unpaired) electrons. The zero-order chi connectivity index (χ0) is 21.3. The van der Waals surface area contributed by atoms with Gasteiger partial charge in [-0.05, 0) is 36.6 Å². The molecule has 162 valence electrons. The molecule has 0 aromatic heterocycles. The molecule has 1 fully saturated rings. The van der Waals surface area contributed by atoms with E-state index in [0.717, 1.165) is 44.7 Å². The van der Waals surface area contributed by atoms with Crippen molar-refractivity contribution in [3.63, 3.8) is 0 Å². The summed E-state index contributed by atoms with van der Waals surface area (Å²) in [4.78, 5) is 17.0. The lowest BCUT2D eigenvalue weighted by Crippen LogP contribution is -2.49. The maximum Gasteiger partial charge on any atom is 0.234 e. The largest absolute Gasteiger partial charge is 0.493 e. The van der Waals surface area contributed by atoms with E-state index in [1.54, 1.807) is 14.2 Å². The Kier molecular flexibility index (Phi) is 8.11. The first-order valence-corrected chi connectivity index (χ1v) is 10.5. The van der Waals surface area contributed by atoms with Gasteiger partial charge < -0.3 is 14.8 Å². The Morgan fingerprint density at radius 3 is 2.37 bits per heavy atom. The number of carbonyl (C=O) groups is 1. The summed E-state index contributed by atoms with van der Waals surface area (Å²) in [7, 11) is 3.25. The fraction of sp³-hybridized carbons (Fsp3) is 0.458. The normalized spacial score (nSPS) is 15.0. The maximum absolute atomic E-state index is 12.3. The first kappa shape index (κ1) is 22.1. The molecule has 2 aromatic rings. The number of ether oxygens (including phenoxy) is 2. The average Bonchev–Trinajstić information content (AvgIpc) is 2.75. The minimum atomic E-state index is 0.0858. The summed E-state index contributed by atoms with van der Waals surface area (Å²) in [6, 6.07) is 14.5. The molecule has 6 nitrogen and oxygen atoms in total. The predicted molar refractivity (Wildman–Crippen MR) is 119 cm³/mol. The second-order valence-electron chi connectivity index (χ2n) is 7.83. The molecule has 0 unspecified atom stereocenters. The van der Waals surface area contributed by atoms with Crippen molar-refractivity contribution >= 4 is 5.91 Å². The van der Waals surface area contributed by atoms with Gasteiger partial charge in [0.25, 0.3) is 0 Å². The number of nitrogens with one attached hydrogen (secondary N) is 1. The number of carbonyl (C=O) groups excluding carboxylic acids is 1. The Labute approximate surface area is 179 Å². The molecule has 1 N–H and O–H groups in total. The zero-order valence-corrected chi connectivity index (χ0v) is 18.3. The maximum atomic E-state index is 12.3. The number of piperazine rings is 1. The van der Waals surface area contributed by atoms with Crippen LogP contribution in [0.1, 0.15) is 16.7 Å². The van der Waals surface area contributed by atoms with Crippen LogP contribution < -0.4 is 14.8 Å². The van der Waals surface area contributed by atoms with E-state index in [2.05, 4.69) is 46.3 Å². The predicted octanol–water partition coefficient (Wildman–Crippen LogP) is 2.49. The molecule has 1 amide bonds. The summed E-state index contributed by atoms with van der Waals surface area (Å²) in [6.07, 6.45) is 0.760. The fourth-order valence-electron chi connectivity index (χ4n) is 3.82. The van der Waals surface area contributed by atoms with Crippen molar-refractivity contribution in [2.45, 2.75) is 19.9 Å². The smallest absolute Gasteiger partial charge is 0.234 e. The Morgan fingerprint density at radius 1 is 0.933 bits per heavy atom. The van der Waals surface area contributed by atoms with Gasteiger partial charge in [0, 0.05) is 39.3 Å². The van der Waals surface area contributed by atoms with Crippen molar-refractivity contribution in [3.05, 3.63) is 59.2 Å². The second kappa shape index (κ2) is 11.0. The number of rotatable bonds is 9. The number of hydrogen-bond acceptors (Lipinski definition) is 5. The van der Waals surface area contributed by atoms with Crippen LogP contribution in [0, 0.1) is 6.92 Å². The SMILES string of the molecule is COc1ccc(CCNC(=O)CN2CCN(Cc3cccc(C)c3)CC2)cc1OC. The second-order valence-corrected chi connectivity index (χ2v) is 7.83. The highest BCUT2D eigenvalue weighted by Crippen LogP contribution is 2.27. The standard InChI is InChI=1S/C24H33N3O3/c1-19-5-4-6-21(15-19)17-26-11-13-27(14-12-26)18-24(28)25-10-9-20-7-8-22(29-2)23(16-20)30-3/h4-8,15-16H,9-14,17-18H2,1-3H3,(H,25,28). The topological polar surface area (TPSA) is 54.0 Å². The molecular formula is C24H33N3O3. The molecular weight excluding hydrogens is 378 g/mol. The minimum absolute atomic E-state index is 0.0858. The average molecular weight is 412 g/mol. The molecule has 1 aliphatic heterocycles. The number of benzene rings is 2. The Hall–Kier alpha value is -2.57. The molecule has 0 aliphatic carbocycles. The van der Waals surface area contributed by atoms with Gasteiger partial charge in [0.1, 0.15) is 0 Å². The van der Waals surface area contributed by atoms with Crippen molar-refractivity contribution < 1.29 is 14.3 Å². The molecule has 6 heteroatoms. The van der Waals surface area contributed by atoms with Crippen LogP contribution in [0.25, 0.3) is 0 Å². The van der Waals surface area contributed by atoms with Gasteiger partial charge in [0.05, 0.1) is 20.8 Å². The van der Waals surface area contributed by atoms with E-state index in [1.165, 1.54) is 11.1 Å². The third-order valence-electron chi connectivity index (χ3n) is 5.50. The summed E-state index contributed by atoms with van der Waals surface area (Å²) in [6.45, 7) is 8.02. The number of amides is 1. The molecule has 0 bridgehead atoms. The van der Waals surface area contributed by atoms with Gasteiger partial charge in [-0.3, -0.25) is 14.6 Å². The van der Waals surface area contributed by atoms with E-state index in [1.807, 2.05) is 18.2 Å². The monoisotopic (exact) mass is 411 g/mol. The first-order chi connectivity index (χ1) is 14.6. The highest BCUT2D eigenvalue weighted by Gasteiger charge is 2.19. The van der Waals surface area contributed by atoms with E-state index in [-0.39, 0.29) is 5.91 Å². The van der Waals surface area contributed by atoms with Crippen LogP contribution in [0.15, 0.2) is 42.5 Å². The van der Waals surface area contributed by atoms with Crippen molar-refractivity contribution in [2.24, 2.45) is 0 Å². The summed E-state index contributed by atoms with van der Waals surface area (Å²) in [5.74, 6) is 1.51. The van der Waals surface area contributed by atoms with Crippen LogP contribution in [0.4, 0.5) is 0 Å². The number of aryl methyl sites for hydroxylation is 1. The third-order valence-corrected chi connectivity index (χ3v) is 5.50. The number of methoxy groups -OCH3 is 2. The van der Waals surface area contributed by atoms with Crippen LogP contribution in [-0.4, -0.2) is 69.2 Å². The lowest BCUT2D eigenvalue weighted by atomic mass is 10.1. The van der Waals surface area contributed by atoms with E-state index in [9.17, 15) is 4.79 Å². The Bertz CT molecular complexity index is 832. The van der Waals surface area contributed by atoms with Gasteiger partial charge in [0.15, 0.2) is 11.5 Å². The molecule has 0 spiro atoms. The van der Waals surface area contributed by atoms with Crippen molar-refractivity contribution in [1.29, 1.82) is 0 Å². The summed E-state index contributed by atoms with van der Waals surface area (Å²) in [5, 5.41) is 3.04. The Morgan fingerprint density at radius 2 is 1.67 bits per heavy atom. The van der Waals surface area contributed by atoms with Gasteiger partial charge in [-0.25, -0.2) is 0 Å². The van der Waals surface area contributed by atoms with Crippen molar-refractivity contribution in [2.75, 3.05) is 53.5 Å². The van der Waals surface area contributed by atoms with Gasteiger partial charge in [-0.2, -0.15) is 0 Å². The van der Waals surface area contributed by atoms with Gasteiger partial charge in [0.2, 0.25) is 5.91 Å². The summed E-state index contributed by atoms with van der Waals surface area (Å²) >= 11 is 0. The van der Waals surface area contributed by atoms with E-state index >= 15 is 0 Å². The molecule has 1 heterocycles. The van der Waals surface area contributed by atoms with E-state index < -0.39 is 0 Å². The van der Waals surface area contributed by atoms with Gasteiger partial charge >= 0.3 is 0 Å². The summed E-state index contributed by atoms with van der Waals surface area (Å²) in [5.41, 5.74) is 3.77. The lowest BCUT2D eigenvalue weighted by Gasteiger charge is -2.34. The quantitative estimate of drug-likeness (QED) is 0.687. The number of nitrogens with zero attached hydrogens (tertiary/aromatic N) is 2. The van der Waals surface area contributed by atoms with Gasteiger partial charge in [-0.1, -0.05) is 35.9 Å². The molecule has 1 aliphatic rings. The molecule has 0 saturated carbocycles. The molecule has 30 heavy (non-hydrogen) atoms.